The van der Waals surface area contributed by atoms with E-state index in [0.717, 1.165) is 26.1 Å². The van der Waals surface area contributed by atoms with E-state index in [1.807, 2.05) is 13.8 Å². The monoisotopic (exact) mass is 388 g/mol. The SMILES string of the molecule is CC(C)CNC(=O)C(=O)NC[C@@H](c1ccc2c(c1)CCN2C)N1CCOCC1. The number of hydrogen-bond donors (Lipinski definition) is 2. The van der Waals surface area contributed by atoms with E-state index in [4.69, 9.17) is 4.74 Å². The van der Waals surface area contributed by atoms with Gasteiger partial charge < -0.3 is 20.3 Å². The number of amides is 2. The lowest BCUT2D eigenvalue weighted by molar-refractivity contribution is -0.139. The highest BCUT2D eigenvalue weighted by molar-refractivity contribution is 6.35. The third-order valence-electron chi connectivity index (χ3n) is 5.44. The van der Waals surface area contributed by atoms with E-state index in [1.165, 1.54) is 16.8 Å². The van der Waals surface area contributed by atoms with Crippen molar-refractivity contribution in [1.82, 2.24) is 15.5 Å². The molecule has 2 aliphatic rings. The number of fused-ring (bicyclic) bond motifs is 1. The van der Waals surface area contributed by atoms with Gasteiger partial charge in [-0.3, -0.25) is 14.5 Å². The molecule has 0 radical (unpaired) electrons. The number of carbonyl (C=O) groups excluding carboxylic acids is 2. The molecule has 1 aromatic carbocycles. The molecule has 1 atom stereocenters. The zero-order valence-corrected chi connectivity index (χ0v) is 17.2. The molecular formula is C21H32N4O3. The van der Waals surface area contributed by atoms with Crippen molar-refractivity contribution in [1.29, 1.82) is 0 Å². The molecule has 28 heavy (non-hydrogen) atoms. The maximum Gasteiger partial charge on any atom is 0.309 e. The van der Waals surface area contributed by atoms with E-state index in [9.17, 15) is 9.59 Å². The predicted molar refractivity (Wildman–Crippen MR) is 109 cm³/mol. The molecule has 1 fully saturated rings. The molecule has 0 aliphatic carbocycles. The quantitative estimate of drug-likeness (QED) is 0.710. The molecule has 7 nitrogen and oxygen atoms in total. The second-order valence-electron chi connectivity index (χ2n) is 8.04. The summed E-state index contributed by atoms with van der Waals surface area (Å²) in [7, 11) is 2.11. The molecule has 7 heteroatoms. The number of morpholine rings is 1. The first-order chi connectivity index (χ1) is 13.5. The van der Waals surface area contributed by atoms with Crippen molar-refractivity contribution in [3.05, 3.63) is 29.3 Å². The molecule has 0 spiro atoms. The van der Waals surface area contributed by atoms with E-state index in [1.54, 1.807) is 0 Å². The molecule has 0 bridgehead atoms. The average molecular weight is 389 g/mol. The minimum Gasteiger partial charge on any atom is -0.379 e. The third kappa shape index (κ3) is 5.02. The molecule has 0 aromatic heterocycles. The lowest BCUT2D eigenvalue weighted by Gasteiger charge is -2.35. The highest BCUT2D eigenvalue weighted by Gasteiger charge is 2.26. The number of anilines is 1. The summed E-state index contributed by atoms with van der Waals surface area (Å²) in [6.45, 7) is 8.94. The van der Waals surface area contributed by atoms with E-state index in [0.29, 0.717) is 32.2 Å². The Hall–Kier alpha value is -2.12. The van der Waals surface area contributed by atoms with E-state index in [2.05, 4.69) is 45.7 Å². The van der Waals surface area contributed by atoms with Crippen LogP contribution < -0.4 is 15.5 Å². The Labute approximate surface area is 167 Å². The topological polar surface area (TPSA) is 73.9 Å². The number of ether oxygens (including phenoxy) is 1. The summed E-state index contributed by atoms with van der Waals surface area (Å²) in [5, 5.41) is 5.51. The summed E-state index contributed by atoms with van der Waals surface area (Å²) in [5.74, 6) is -0.827. The number of rotatable bonds is 6. The van der Waals surface area contributed by atoms with Crippen molar-refractivity contribution >= 4 is 17.5 Å². The first kappa shape index (κ1) is 20.6. The lowest BCUT2D eigenvalue weighted by Crippen LogP contribution is -2.47. The van der Waals surface area contributed by atoms with Crippen LogP contribution in [0.2, 0.25) is 0 Å². The van der Waals surface area contributed by atoms with Gasteiger partial charge in [0, 0.05) is 45.5 Å². The summed E-state index contributed by atoms with van der Waals surface area (Å²) in [5.41, 5.74) is 3.81. The summed E-state index contributed by atoms with van der Waals surface area (Å²) >= 11 is 0. The zero-order valence-electron chi connectivity index (χ0n) is 17.2. The average Bonchev–Trinajstić information content (AvgIpc) is 3.07. The van der Waals surface area contributed by atoms with Crippen LogP contribution in [0.3, 0.4) is 0 Å². The van der Waals surface area contributed by atoms with Gasteiger partial charge >= 0.3 is 11.8 Å². The van der Waals surface area contributed by atoms with Gasteiger partial charge in [-0.15, -0.1) is 0 Å². The predicted octanol–water partition coefficient (Wildman–Crippen LogP) is 0.941. The van der Waals surface area contributed by atoms with Crippen LogP contribution in [0.25, 0.3) is 0 Å². The van der Waals surface area contributed by atoms with Gasteiger partial charge in [0.25, 0.3) is 0 Å². The molecule has 1 saturated heterocycles. The molecule has 3 rings (SSSR count). The van der Waals surface area contributed by atoms with Crippen LogP contribution in [0.4, 0.5) is 5.69 Å². The summed E-state index contributed by atoms with van der Waals surface area (Å²) in [6, 6.07) is 6.60. The molecule has 0 unspecified atom stereocenters. The Balaban J connectivity index is 1.69. The van der Waals surface area contributed by atoms with Crippen molar-refractivity contribution in [2.75, 3.05) is 57.9 Å². The second-order valence-corrected chi connectivity index (χ2v) is 8.04. The second kappa shape index (κ2) is 9.39. The Bertz CT molecular complexity index is 701. The van der Waals surface area contributed by atoms with Gasteiger partial charge in [-0.25, -0.2) is 0 Å². The van der Waals surface area contributed by atoms with Crippen LogP contribution in [0.5, 0.6) is 0 Å². The van der Waals surface area contributed by atoms with Gasteiger partial charge in [0.15, 0.2) is 0 Å². The summed E-state index contributed by atoms with van der Waals surface area (Å²) < 4.78 is 5.49. The first-order valence-corrected chi connectivity index (χ1v) is 10.2. The summed E-state index contributed by atoms with van der Waals surface area (Å²) in [6.07, 6.45) is 1.04. The summed E-state index contributed by atoms with van der Waals surface area (Å²) in [4.78, 5) is 28.8. The van der Waals surface area contributed by atoms with Gasteiger partial charge in [0.1, 0.15) is 0 Å². The Morgan fingerprint density at radius 1 is 1.07 bits per heavy atom. The van der Waals surface area contributed by atoms with Gasteiger partial charge in [-0.1, -0.05) is 26.0 Å². The number of hydrogen-bond acceptors (Lipinski definition) is 5. The maximum absolute atomic E-state index is 12.2. The molecule has 2 amide bonds. The smallest absolute Gasteiger partial charge is 0.309 e. The number of likely N-dealkylation sites (N-methyl/N-ethyl adjacent to an activating group) is 1. The van der Waals surface area contributed by atoms with Gasteiger partial charge in [-0.05, 0) is 29.5 Å². The van der Waals surface area contributed by atoms with Crippen molar-refractivity contribution < 1.29 is 14.3 Å². The molecule has 154 valence electrons. The number of benzene rings is 1. The van der Waals surface area contributed by atoms with E-state index >= 15 is 0 Å². The number of nitrogens with zero attached hydrogens (tertiary/aromatic N) is 2. The normalized spacial score (nSPS) is 18.1. The number of nitrogens with one attached hydrogen (secondary N) is 2. The van der Waals surface area contributed by atoms with Gasteiger partial charge in [0.05, 0.1) is 19.3 Å². The highest BCUT2D eigenvalue weighted by atomic mass is 16.5. The molecular weight excluding hydrogens is 356 g/mol. The molecule has 1 aromatic rings. The lowest BCUT2D eigenvalue weighted by atomic mass is 10.0. The van der Waals surface area contributed by atoms with Crippen LogP contribution in [-0.4, -0.2) is 69.7 Å². The van der Waals surface area contributed by atoms with Crippen LogP contribution >= 0.6 is 0 Å². The zero-order chi connectivity index (χ0) is 20.1. The molecule has 0 saturated carbocycles. The minimum absolute atomic E-state index is 0.0296. The minimum atomic E-state index is -0.570. The fourth-order valence-corrected chi connectivity index (χ4v) is 3.79. The first-order valence-electron chi connectivity index (χ1n) is 10.2. The van der Waals surface area contributed by atoms with Crippen molar-refractivity contribution in [2.24, 2.45) is 5.92 Å². The molecule has 2 aliphatic heterocycles. The van der Waals surface area contributed by atoms with E-state index in [-0.39, 0.29) is 6.04 Å². The molecule has 2 N–H and O–H groups in total. The number of carbonyl (C=O) groups is 2. The third-order valence-corrected chi connectivity index (χ3v) is 5.44. The fourth-order valence-electron chi connectivity index (χ4n) is 3.79. The van der Waals surface area contributed by atoms with Crippen LogP contribution in [-0.2, 0) is 20.7 Å². The maximum atomic E-state index is 12.2. The van der Waals surface area contributed by atoms with E-state index < -0.39 is 11.8 Å². The van der Waals surface area contributed by atoms with Gasteiger partial charge in [0.2, 0.25) is 0 Å². The van der Waals surface area contributed by atoms with Crippen LogP contribution in [0.15, 0.2) is 18.2 Å². The standard InChI is InChI=1S/C21H32N4O3/c1-15(2)13-22-20(26)21(27)23-14-19(25-8-10-28-11-9-25)16-4-5-18-17(12-16)6-7-24(18)3/h4-5,12,15,19H,6-11,13-14H2,1-3H3,(H,22,26)(H,23,27)/t19-/m0/s1. The Morgan fingerprint density at radius 3 is 2.43 bits per heavy atom. The highest BCUT2D eigenvalue weighted by Crippen LogP contribution is 2.31. The molecule has 2 heterocycles. The Morgan fingerprint density at radius 2 is 1.75 bits per heavy atom. The largest absolute Gasteiger partial charge is 0.379 e. The van der Waals surface area contributed by atoms with Crippen LogP contribution in [0.1, 0.15) is 31.0 Å². The van der Waals surface area contributed by atoms with Crippen molar-refractivity contribution in [3.63, 3.8) is 0 Å². The fraction of sp³-hybridized carbons (Fsp3) is 0.619. The van der Waals surface area contributed by atoms with Crippen molar-refractivity contribution in [2.45, 2.75) is 26.3 Å². The van der Waals surface area contributed by atoms with Gasteiger partial charge in [-0.2, -0.15) is 0 Å². The van der Waals surface area contributed by atoms with Crippen LogP contribution in [0, 0.1) is 5.92 Å². The van der Waals surface area contributed by atoms with Crippen molar-refractivity contribution in [3.8, 4) is 0 Å². The Kier molecular flexibility index (Phi) is 6.91.